The lowest BCUT2D eigenvalue weighted by Gasteiger charge is -2.36. The van der Waals surface area contributed by atoms with Crippen molar-refractivity contribution in [1.82, 2.24) is 14.5 Å². The number of hydrogen-bond acceptors (Lipinski definition) is 4. The fourth-order valence-electron chi connectivity index (χ4n) is 4.50. The van der Waals surface area contributed by atoms with E-state index in [-0.39, 0.29) is 11.9 Å². The standard InChI is InChI=1S/C19H25N3O3/c1-25-7-6-19(24)21-10-13-8-17(18(23)9-14(13)11-21)22-12-20-15-4-2-3-5-16(15)22/h2-5,12-14,17-18,23H,6-11H2,1H3/t13-,14+,17-,18-/m1/s1. The molecule has 1 aromatic carbocycles. The summed E-state index contributed by atoms with van der Waals surface area (Å²) >= 11 is 0. The summed E-state index contributed by atoms with van der Waals surface area (Å²) in [7, 11) is 1.62. The van der Waals surface area contributed by atoms with E-state index in [1.165, 1.54) is 0 Å². The highest BCUT2D eigenvalue weighted by molar-refractivity contribution is 5.76. The molecule has 25 heavy (non-hydrogen) atoms. The van der Waals surface area contributed by atoms with Gasteiger partial charge in [-0.2, -0.15) is 0 Å². The molecule has 4 atom stereocenters. The molecule has 1 saturated carbocycles. The summed E-state index contributed by atoms with van der Waals surface area (Å²) in [5.74, 6) is 1.00. The maximum atomic E-state index is 12.3. The second-order valence-corrected chi connectivity index (χ2v) is 7.31. The molecule has 1 N–H and O–H groups in total. The smallest absolute Gasteiger partial charge is 0.224 e. The number of carbonyl (C=O) groups is 1. The molecule has 1 aliphatic heterocycles. The lowest BCUT2D eigenvalue weighted by Crippen LogP contribution is -2.36. The van der Waals surface area contributed by atoms with Gasteiger partial charge in [-0.05, 0) is 36.8 Å². The summed E-state index contributed by atoms with van der Waals surface area (Å²) in [5.41, 5.74) is 2.02. The first-order chi connectivity index (χ1) is 12.2. The Hall–Kier alpha value is -1.92. The van der Waals surface area contributed by atoms with Gasteiger partial charge in [-0.3, -0.25) is 4.79 Å². The normalized spacial score (nSPS) is 29.1. The topological polar surface area (TPSA) is 67.6 Å². The maximum absolute atomic E-state index is 12.3. The molecule has 4 rings (SSSR count). The minimum absolute atomic E-state index is 0.0303. The van der Waals surface area contributed by atoms with Crippen LogP contribution in [0.3, 0.4) is 0 Å². The average Bonchev–Trinajstić information content (AvgIpc) is 3.22. The van der Waals surface area contributed by atoms with Gasteiger partial charge in [-0.25, -0.2) is 4.98 Å². The van der Waals surface area contributed by atoms with Gasteiger partial charge >= 0.3 is 0 Å². The van der Waals surface area contributed by atoms with Crippen molar-refractivity contribution in [1.29, 1.82) is 0 Å². The van der Waals surface area contributed by atoms with Crippen LogP contribution in [0.1, 0.15) is 25.3 Å². The number of methoxy groups -OCH3 is 1. The SMILES string of the molecule is COCCC(=O)N1C[C@H]2C[C@@H](n3cnc4ccccc43)[C@H](O)C[C@H]2C1. The largest absolute Gasteiger partial charge is 0.391 e. The Morgan fingerprint density at radius 1 is 1.28 bits per heavy atom. The van der Waals surface area contributed by atoms with Crippen molar-refractivity contribution in [2.45, 2.75) is 31.4 Å². The number of benzene rings is 1. The molecule has 2 heterocycles. The minimum atomic E-state index is -0.395. The summed E-state index contributed by atoms with van der Waals surface area (Å²) in [6, 6.07) is 8.06. The molecule has 2 aliphatic rings. The number of likely N-dealkylation sites (tertiary alicyclic amines) is 1. The van der Waals surface area contributed by atoms with E-state index < -0.39 is 6.10 Å². The van der Waals surface area contributed by atoms with Gasteiger partial charge in [0.05, 0.1) is 42.5 Å². The Kier molecular flexibility index (Phi) is 4.48. The van der Waals surface area contributed by atoms with Gasteiger partial charge < -0.3 is 19.3 Å². The average molecular weight is 343 g/mol. The number of para-hydroxylation sites is 2. The molecule has 0 unspecified atom stereocenters. The van der Waals surface area contributed by atoms with Crippen LogP contribution in [0.15, 0.2) is 30.6 Å². The van der Waals surface area contributed by atoms with Crippen molar-refractivity contribution in [2.24, 2.45) is 11.8 Å². The Bertz CT molecular complexity index is 759. The molecular formula is C19H25N3O3. The van der Waals surface area contributed by atoms with Gasteiger partial charge in [-0.1, -0.05) is 12.1 Å². The van der Waals surface area contributed by atoms with Crippen LogP contribution >= 0.6 is 0 Å². The van der Waals surface area contributed by atoms with Gasteiger partial charge in [0.1, 0.15) is 0 Å². The first-order valence-corrected chi connectivity index (χ1v) is 9.03. The molecule has 1 aliphatic carbocycles. The quantitative estimate of drug-likeness (QED) is 0.920. The van der Waals surface area contributed by atoms with E-state index in [9.17, 15) is 9.90 Å². The summed E-state index contributed by atoms with van der Waals surface area (Å²) in [6.07, 6.45) is 3.52. The van der Waals surface area contributed by atoms with Crippen LogP contribution in [-0.4, -0.2) is 58.4 Å². The third kappa shape index (κ3) is 3.04. The van der Waals surface area contributed by atoms with Crippen molar-refractivity contribution in [3.05, 3.63) is 30.6 Å². The van der Waals surface area contributed by atoms with Crippen molar-refractivity contribution in [3.8, 4) is 0 Å². The number of hydrogen-bond donors (Lipinski definition) is 1. The fraction of sp³-hybridized carbons (Fsp3) is 0.579. The summed E-state index contributed by atoms with van der Waals surface area (Å²) < 4.78 is 7.13. The highest BCUT2D eigenvalue weighted by Crippen LogP contribution is 2.42. The van der Waals surface area contributed by atoms with Crippen LogP contribution in [0.2, 0.25) is 0 Å². The summed E-state index contributed by atoms with van der Waals surface area (Å²) in [6.45, 7) is 2.03. The molecule has 2 aromatic rings. The van der Waals surface area contributed by atoms with E-state index in [0.29, 0.717) is 24.9 Å². The molecule has 0 bridgehead atoms. The van der Waals surface area contributed by atoms with Crippen LogP contribution in [0, 0.1) is 11.8 Å². The summed E-state index contributed by atoms with van der Waals surface area (Å²) in [5, 5.41) is 10.7. The molecule has 6 heteroatoms. The number of fused-ring (bicyclic) bond motifs is 2. The molecular weight excluding hydrogens is 318 g/mol. The molecule has 0 spiro atoms. The minimum Gasteiger partial charge on any atom is -0.391 e. The van der Waals surface area contributed by atoms with E-state index in [1.54, 1.807) is 7.11 Å². The molecule has 6 nitrogen and oxygen atoms in total. The third-order valence-electron chi connectivity index (χ3n) is 5.82. The van der Waals surface area contributed by atoms with Crippen LogP contribution in [0.4, 0.5) is 0 Å². The lowest BCUT2D eigenvalue weighted by atomic mass is 9.77. The Labute approximate surface area is 147 Å². The number of aliphatic hydroxyl groups is 1. The van der Waals surface area contributed by atoms with E-state index in [2.05, 4.69) is 15.6 Å². The van der Waals surface area contributed by atoms with E-state index in [1.807, 2.05) is 29.4 Å². The van der Waals surface area contributed by atoms with Gasteiger partial charge in [0, 0.05) is 20.2 Å². The van der Waals surface area contributed by atoms with Gasteiger partial charge in [-0.15, -0.1) is 0 Å². The molecule has 2 fully saturated rings. The lowest BCUT2D eigenvalue weighted by molar-refractivity contribution is -0.131. The number of imidazole rings is 1. The van der Waals surface area contributed by atoms with Crippen molar-refractivity contribution in [2.75, 3.05) is 26.8 Å². The molecule has 1 aromatic heterocycles. The van der Waals surface area contributed by atoms with Crippen LogP contribution in [0.25, 0.3) is 11.0 Å². The Morgan fingerprint density at radius 2 is 2.04 bits per heavy atom. The maximum Gasteiger partial charge on any atom is 0.224 e. The fourth-order valence-corrected chi connectivity index (χ4v) is 4.50. The van der Waals surface area contributed by atoms with Crippen molar-refractivity contribution >= 4 is 16.9 Å². The first kappa shape index (κ1) is 16.5. The molecule has 1 amide bonds. The number of ether oxygens (including phenoxy) is 1. The molecule has 134 valence electrons. The van der Waals surface area contributed by atoms with Gasteiger partial charge in [0.15, 0.2) is 0 Å². The predicted octanol–water partition coefficient (Wildman–Crippen LogP) is 1.84. The van der Waals surface area contributed by atoms with Gasteiger partial charge in [0.2, 0.25) is 5.91 Å². The van der Waals surface area contributed by atoms with E-state index in [4.69, 9.17) is 4.74 Å². The Morgan fingerprint density at radius 3 is 2.84 bits per heavy atom. The number of aliphatic hydroxyl groups excluding tert-OH is 1. The van der Waals surface area contributed by atoms with E-state index in [0.717, 1.165) is 37.0 Å². The highest BCUT2D eigenvalue weighted by atomic mass is 16.5. The van der Waals surface area contributed by atoms with Crippen LogP contribution in [-0.2, 0) is 9.53 Å². The van der Waals surface area contributed by atoms with E-state index >= 15 is 0 Å². The van der Waals surface area contributed by atoms with Crippen molar-refractivity contribution < 1.29 is 14.6 Å². The molecule has 1 saturated heterocycles. The first-order valence-electron chi connectivity index (χ1n) is 9.03. The number of rotatable bonds is 4. The monoisotopic (exact) mass is 343 g/mol. The third-order valence-corrected chi connectivity index (χ3v) is 5.82. The number of carbonyl (C=O) groups excluding carboxylic acids is 1. The van der Waals surface area contributed by atoms with Gasteiger partial charge in [0.25, 0.3) is 0 Å². The van der Waals surface area contributed by atoms with Crippen LogP contribution in [0.5, 0.6) is 0 Å². The van der Waals surface area contributed by atoms with Crippen molar-refractivity contribution in [3.63, 3.8) is 0 Å². The second-order valence-electron chi connectivity index (χ2n) is 7.31. The second kappa shape index (κ2) is 6.77. The zero-order chi connectivity index (χ0) is 17.4. The number of nitrogens with zero attached hydrogens (tertiary/aromatic N) is 3. The molecule has 0 radical (unpaired) electrons. The number of amides is 1. The Balaban J connectivity index is 1.50. The zero-order valence-electron chi connectivity index (χ0n) is 14.5. The highest BCUT2D eigenvalue weighted by Gasteiger charge is 2.43. The summed E-state index contributed by atoms with van der Waals surface area (Å²) in [4.78, 5) is 18.7. The predicted molar refractivity (Wildman–Crippen MR) is 94.1 cm³/mol. The zero-order valence-corrected chi connectivity index (χ0v) is 14.5. The van der Waals surface area contributed by atoms with Crippen LogP contribution < -0.4 is 0 Å². The number of aromatic nitrogens is 2.